The molecule has 2 aromatic rings. The molecule has 0 radical (unpaired) electrons. The maximum atomic E-state index is 13.2. The Balaban J connectivity index is 2.30. The number of hydrogen-bond acceptors (Lipinski definition) is 3. The molecule has 0 saturated carbocycles. The third-order valence-electron chi connectivity index (χ3n) is 4.76. The summed E-state index contributed by atoms with van der Waals surface area (Å²) in [5.41, 5.74) is 2.69. The molecule has 168 valence electrons. The number of nitrogens with zero attached hydrogens (tertiary/aromatic N) is 1. The Morgan fingerprint density at radius 1 is 1.06 bits per heavy atom. The Morgan fingerprint density at radius 3 is 2.16 bits per heavy atom. The van der Waals surface area contributed by atoms with Crippen molar-refractivity contribution in [1.82, 2.24) is 10.2 Å². The minimum Gasteiger partial charge on any atom is -0.484 e. The predicted octanol–water partition coefficient (Wildman–Crippen LogP) is 5.32. The van der Waals surface area contributed by atoms with Crippen LogP contribution in [0.1, 0.15) is 43.9 Å². The number of ether oxygens (including phenoxy) is 1. The molecule has 0 aromatic heterocycles. The Bertz CT molecular complexity index is 891. The van der Waals surface area contributed by atoms with Crippen molar-refractivity contribution in [3.8, 4) is 5.75 Å². The van der Waals surface area contributed by atoms with Crippen molar-refractivity contribution in [2.24, 2.45) is 0 Å². The van der Waals surface area contributed by atoms with E-state index in [4.69, 9.17) is 27.9 Å². The lowest BCUT2D eigenvalue weighted by Crippen LogP contribution is -2.51. The van der Waals surface area contributed by atoms with Gasteiger partial charge >= 0.3 is 0 Å². The van der Waals surface area contributed by atoms with Gasteiger partial charge in [0.25, 0.3) is 5.91 Å². The van der Waals surface area contributed by atoms with Crippen LogP contribution < -0.4 is 10.1 Å². The average molecular weight is 465 g/mol. The average Bonchev–Trinajstić information content (AvgIpc) is 2.67. The molecule has 0 fully saturated rings. The highest BCUT2D eigenvalue weighted by Crippen LogP contribution is 2.27. The van der Waals surface area contributed by atoms with E-state index in [9.17, 15) is 9.59 Å². The summed E-state index contributed by atoms with van der Waals surface area (Å²) < 4.78 is 5.78. The second kappa shape index (κ2) is 11.4. The molecule has 5 nitrogen and oxygen atoms in total. The van der Waals surface area contributed by atoms with Gasteiger partial charge in [0.05, 0.1) is 0 Å². The van der Waals surface area contributed by atoms with Crippen LogP contribution in [-0.4, -0.2) is 35.4 Å². The normalized spacial score (nSPS) is 11.9. The summed E-state index contributed by atoms with van der Waals surface area (Å²) in [6, 6.07) is 10.2. The zero-order valence-electron chi connectivity index (χ0n) is 18.7. The summed E-state index contributed by atoms with van der Waals surface area (Å²) in [5, 5.41) is 3.78. The molecule has 31 heavy (non-hydrogen) atoms. The van der Waals surface area contributed by atoms with Gasteiger partial charge in [-0.15, -0.1) is 0 Å². The molecule has 0 heterocycles. The molecule has 0 aliphatic carbocycles. The van der Waals surface area contributed by atoms with E-state index in [0.717, 1.165) is 11.1 Å². The Kier molecular flexibility index (Phi) is 9.20. The largest absolute Gasteiger partial charge is 0.484 e. The molecule has 0 spiro atoms. The standard InChI is InChI=1S/C24H30Cl2N2O3/c1-6-22(24(30)27-15(2)3)28(13-19-20(25)8-7-9-21(19)26)23(29)14-31-18-11-16(4)10-17(5)12-18/h7-12,15,22H,6,13-14H2,1-5H3,(H,27,30)/t22-/m0/s1. The van der Waals surface area contributed by atoms with E-state index in [-0.39, 0.29) is 31.0 Å². The fourth-order valence-corrected chi connectivity index (χ4v) is 3.92. The molecule has 7 heteroatoms. The van der Waals surface area contributed by atoms with Gasteiger partial charge < -0.3 is 15.0 Å². The fraction of sp³-hybridized carbons (Fsp3) is 0.417. The number of halogens is 2. The van der Waals surface area contributed by atoms with Gasteiger partial charge in [0.2, 0.25) is 5.91 Å². The van der Waals surface area contributed by atoms with Crippen LogP contribution in [0.3, 0.4) is 0 Å². The summed E-state index contributed by atoms with van der Waals surface area (Å²) >= 11 is 12.7. The van der Waals surface area contributed by atoms with Crippen molar-refractivity contribution < 1.29 is 14.3 Å². The topological polar surface area (TPSA) is 58.6 Å². The number of rotatable bonds is 9. The molecular formula is C24H30Cl2N2O3. The molecule has 0 aliphatic heterocycles. The number of carbonyl (C=O) groups is 2. The van der Waals surface area contributed by atoms with E-state index in [1.807, 2.05) is 52.8 Å². The van der Waals surface area contributed by atoms with Crippen molar-refractivity contribution >= 4 is 35.0 Å². The molecule has 0 bridgehead atoms. The third kappa shape index (κ3) is 7.15. The maximum Gasteiger partial charge on any atom is 0.261 e. The van der Waals surface area contributed by atoms with E-state index in [1.165, 1.54) is 4.90 Å². The van der Waals surface area contributed by atoms with Gasteiger partial charge in [-0.05, 0) is 69.5 Å². The van der Waals surface area contributed by atoms with Crippen molar-refractivity contribution in [2.45, 2.75) is 59.7 Å². The van der Waals surface area contributed by atoms with Gasteiger partial charge in [0, 0.05) is 28.2 Å². The maximum absolute atomic E-state index is 13.2. The molecule has 0 unspecified atom stereocenters. The number of hydrogen-bond donors (Lipinski definition) is 1. The highest BCUT2D eigenvalue weighted by molar-refractivity contribution is 6.36. The lowest BCUT2D eigenvalue weighted by Gasteiger charge is -2.31. The van der Waals surface area contributed by atoms with Crippen molar-refractivity contribution in [2.75, 3.05) is 6.61 Å². The van der Waals surface area contributed by atoms with Gasteiger partial charge in [-0.2, -0.15) is 0 Å². The first-order valence-corrected chi connectivity index (χ1v) is 11.1. The molecule has 1 N–H and O–H groups in total. The lowest BCUT2D eigenvalue weighted by molar-refractivity contribution is -0.143. The van der Waals surface area contributed by atoms with Crippen molar-refractivity contribution in [3.05, 3.63) is 63.1 Å². The van der Waals surface area contributed by atoms with E-state index in [2.05, 4.69) is 5.32 Å². The zero-order valence-corrected chi connectivity index (χ0v) is 20.2. The molecule has 2 rings (SSSR count). The number of aryl methyl sites for hydroxylation is 2. The lowest BCUT2D eigenvalue weighted by atomic mass is 10.1. The molecule has 0 saturated heterocycles. The SMILES string of the molecule is CC[C@@H](C(=O)NC(C)C)N(Cc1c(Cl)cccc1Cl)C(=O)COc1cc(C)cc(C)c1. The summed E-state index contributed by atoms with van der Waals surface area (Å²) in [6.45, 7) is 9.47. The monoisotopic (exact) mass is 464 g/mol. The van der Waals surface area contributed by atoms with Crippen LogP contribution in [0.25, 0.3) is 0 Å². The first-order chi connectivity index (χ1) is 14.6. The van der Waals surface area contributed by atoms with E-state index < -0.39 is 6.04 Å². The number of amides is 2. The Morgan fingerprint density at radius 2 is 1.65 bits per heavy atom. The molecule has 1 atom stereocenters. The fourth-order valence-electron chi connectivity index (χ4n) is 3.40. The van der Waals surface area contributed by atoms with E-state index in [0.29, 0.717) is 27.8 Å². The second-order valence-corrected chi connectivity index (χ2v) is 8.74. The highest BCUT2D eigenvalue weighted by Gasteiger charge is 2.30. The zero-order chi connectivity index (χ0) is 23.1. The van der Waals surface area contributed by atoms with Gasteiger partial charge in [-0.1, -0.05) is 42.3 Å². The first kappa shape index (κ1) is 25.0. The molecule has 0 aliphatic rings. The Hall–Kier alpha value is -2.24. The van der Waals surface area contributed by atoms with E-state index >= 15 is 0 Å². The minimum absolute atomic E-state index is 0.0473. The third-order valence-corrected chi connectivity index (χ3v) is 5.47. The molecule has 2 aromatic carbocycles. The Labute approximate surface area is 194 Å². The highest BCUT2D eigenvalue weighted by atomic mass is 35.5. The van der Waals surface area contributed by atoms with Crippen LogP contribution >= 0.6 is 23.2 Å². The smallest absolute Gasteiger partial charge is 0.261 e. The number of nitrogens with one attached hydrogen (secondary N) is 1. The quantitative estimate of drug-likeness (QED) is 0.545. The summed E-state index contributed by atoms with van der Waals surface area (Å²) in [7, 11) is 0. The van der Waals surface area contributed by atoms with E-state index in [1.54, 1.807) is 18.2 Å². The van der Waals surface area contributed by atoms with Crippen LogP contribution in [0.4, 0.5) is 0 Å². The van der Waals surface area contributed by atoms with Crippen LogP contribution in [0.2, 0.25) is 10.0 Å². The molecular weight excluding hydrogens is 435 g/mol. The van der Waals surface area contributed by atoms with Crippen molar-refractivity contribution in [1.29, 1.82) is 0 Å². The van der Waals surface area contributed by atoms with Gasteiger partial charge in [-0.25, -0.2) is 0 Å². The van der Waals surface area contributed by atoms with Crippen molar-refractivity contribution in [3.63, 3.8) is 0 Å². The summed E-state index contributed by atoms with van der Waals surface area (Å²) in [5.74, 6) is 0.0718. The first-order valence-electron chi connectivity index (χ1n) is 10.4. The van der Waals surface area contributed by atoms with Crippen LogP contribution in [0.15, 0.2) is 36.4 Å². The number of carbonyl (C=O) groups excluding carboxylic acids is 2. The van der Waals surface area contributed by atoms with Gasteiger partial charge in [0.15, 0.2) is 6.61 Å². The van der Waals surface area contributed by atoms with Crippen LogP contribution in [0, 0.1) is 13.8 Å². The van der Waals surface area contributed by atoms with Gasteiger partial charge in [-0.3, -0.25) is 9.59 Å². The van der Waals surface area contributed by atoms with Gasteiger partial charge in [0.1, 0.15) is 11.8 Å². The second-order valence-electron chi connectivity index (χ2n) is 7.92. The van der Waals surface area contributed by atoms with Crippen LogP contribution in [0.5, 0.6) is 5.75 Å². The predicted molar refractivity (Wildman–Crippen MR) is 126 cm³/mol. The summed E-state index contributed by atoms with van der Waals surface area (Å²) in [6.07, 6.45) is 0.440. The molecule has 2 amide bonds. The number of benzene rings is 2. The minimum atomic E-state index is -0.676. The van der Waals surface area contributed by atoms with Crippen LogP contribution in [-0.2, 0) is 16.1 Å². The summed E-state index contributed by atoms with van der Waals surface area (Å²) in [4.78, 5) is 27.6.